The van der Waals surface area contributed by atoms with Crippen LogP contribution in [0.4, 0.5) is 9.59 Å². The van der Waals surface area contributed by atoms with Gasteiger partial charge >= 0.3 is 12.1 Å². The number of thiazole rings is 1. The van der Waals surface area contributed by atoms with Crippen LogP contribution in [0.1, 0.15) is 24.8 Å². The van der Waals surface area contributed by atoms with Crippen molar-refractivity contribution in [1.29, 1.82) is 5.26 Å². The summed E-state index contributed by atoms with van der Waals surface area (Å²) in [6.07, 6.45) is 0. The fraction of sp³-hybridized carbons (Fsp3) is 0.278. The maximum absolute atomic E-state index is 12.5. The molecule has 1 N–H and O–H groups in total. The molecule has 2 atom stereocenters. The topological polar surface area (TPSA) is 98.5 Å². The highest BCUT2D eigenvalue weighted by Gasteiger charge is 2.43. The minimum atomic E-state index is -0.765. The van der Waals surface area contributed by atoms with Crippen molar-refractivity contribution < 1.29 is 9.59 Å². The Balaban J connectivity index is 2.15. The zero-order valence-electron chi connectivity index (χ0n) is 14.3. The van der Waals surface area contributed by atoms with E-state index in [0.717, 1.165) is 10.5 Å². The summed E-state index contributed by atoms with van der Waals surface area (Å²) in [5, 5.41) is 12.3. The summed E-state index contributed by atoms with van der Waals surface area (Å²) in [7, 11) is 0. The van der Waals surface area contributed by atoms with Crippen LogP contribution in [0.5, 0.6) is 0 Å². The van der Waals surface area contributed by atoms with Crippen LogP contribution >= 0.6 is 11.3 Å². The molecular formula is C18H17N5O2S. The number of hydrogen-bond donors (Lipinski definition) is 1. The predicted octanol–water partition coefficient (Wildman–Crippen LogP) is 3.62. The molecule has 4 amide bonds. The number of nitriles is 1. The van der Waals surface area contributed by atoms with Gasteiger partial charge in [-0.15, -0.1) is 11.3 Å². The minimum absolute atomic E-state index is 0.365. The van der Waals surface area contributed by atoms with Crippen molar-refractivity contribution in [3.63, 3.8) is 0 Å². The SMILES string of the molecule is CCNC(=O)N1C(=O)N=C(C)C(C#N)C1c1scnc1-c1ccccc1. The molecule has 2 unspecified atom stereocenters. The van der Waals surface area contributed by atoms with Crippen molar-refractivity contribution in [1.82, 2.24) is 15.2 Å². The monoisotopic (exact) mass is 367 g/mol. The van der Waals surface area contributed by atoms with Crippen molar-refractivity contribution in [2.75, 3.05) is 6.54 Å². The van der Waals surface area contributed by atoms with E-state index in [4.69, 9.17) is 0 Å². The number of aliphatic imine (C=N–C) groups is 1. The van der Waals surface area contributed by atoms with Gasteiger partial charge in [0.15, 0.2) is 0 Å². The molecule has 0 saturated carbocycles. The molecule has 1 aliphatic rings. The predicted molar refractivity (Wildman–Crippen MR) is 98.8 cm³/mol. The van der Waals surface area contributed by atoms with Crippen LogP contribution in [0.3, 0.4) is 0 Å². The van der Waals surface area contributed by atoms with Gasteiger partial charge in [-0.1, -0.05) is 30.3 Å². The van der Waals surface area contributed by atoms with Gasteiger partial charge in [0.25, 0.3) is 0 Å². The lowest BCUT2D eigenvalue weighted by Crippen LogP contribution is -2.50. The Kier molecular flexibility index (Phi) is 5.09. The van der Waals surface area contributed by atoms with Gasteiger partial charge in [0.05, 0.1) is 22.2 Å². The molecule has 132 valence electrons. The smallest absolute Gasteiger partial charge is 0.338 e. The molecule has 0 aliphatic carbocycles. The van der Waals surface area contributed by atoms with Crippen LogP contribution in [0, 0.1) is 17.2 Å². The highest BCUT2D eigenvalue weighted by Crippen LogP contribution is 2.40. The van der Waals surface area contributed by atoms with E-state index in [1.807, 2.05) is 30.3 Å². The summed E-state index contributed by atoms with van der Waals surface area (Å²) in [5.74, 6) is -0.724. The average Bonchev–Trinajstić information content (AvgIpc) is 3.11. The summed E-state index contributed by atoms with van der Waals surface area (Å²) < 4.78 is 0. The molecule has 3 rings (SSSR count). The van der Waals surface area contributed by atoms with Gasteiger partial charge in [-0.05, 0) is 13.8 Å². The van der Waals surface area contributed by atoms with E-state index >= 15 is 0 Å². The Morgan fingerprint density at radius 3 is 2.77 bits per heavy atom. The highest BCUT2D eigenvalue weighted by molar-refractivity contribution is 7.10. The van der Waals surface area contributed by atoms with Gasteiger partial charge in [-0.2, -0.15) is 5.26 Å². The number of carbonyl (C=O) groups excluding carboxylic acids is 2. The Hall–Kier alpha value is -3.05. The van der Waals surface area contributed by atoms with Crippen molar-refractivity contribution in [2.45, 2.75) is 19.9 Å². The first-order valence-corrected chi connectivity index (χ1v) is 9.01. The first-order chi connectivity index (χ1) is 12.6. The first-order valence-electron chi connectivity index (χ1n) is 8.13. The number of hydrogen-bond acceptors (Lipinski definition) is 5. The van der Waals surface area contributed by atoms with E-state index in [9.17, 15) is 14.9 Å². The zero-order chi connectivity index (χ0) is 18.7. The number of nitrogens with zero attached hydrogens (tertiary/aromatic N) is 4. The number of rotatable bonds is 3. The van der Waals surface area contributed by atoms with Gasteiger partial charge in [0.1, 0.15) is 12.0 Å². The van der Waals surface area contributed by atoms with Crippen LogP contribution in [0.15, 0.2) is 40.8 Å². The lowest BCUT2D eigenvalue weighted by atomic mass is 9.90. The summed E-state index contributed by atoms with van der Waals surface area (Å²) in [5.41, 5.74) is 3.59. The second kappa shape index (κ2) is 7.45. The maximum atomic E-state index is 12.5. The number of amides is 4. The van der Waals surface area contributed by atoms with Gasteiger partial charge in [-0.3, -0.25) is 0 Å². The van der Waals surface area contributed by atoms with E-state index in [0.29, 0.717) is 22.8 Å². The first kappa shape index (κ1) is 17.8. The van der Waals surface area contributed by atoms with Crippen molar-refractivity contribution in [3.8, 4) is 17.3 Å². The Bertz CT molecular complexity index is 900. The van der Waals surface area contributed by atoms with Gasteiger partial charge in [0.2, 0.25) is 0 Å². The number of nitrogens with one attached hydrogen (secondary N) is 1. The number of urea groups is 2. The average molecular weight is 367 g/mol. The number of imide groups is 1. The molecule has 0 saturated heterocycles. The van der Waals surface area contributed by atoms with Crippen molar-refractivity contribution in [3.05, 3.63) is 40.7 Å². The van der Waals surface area contributed by atoms with Crippen LogP contribution in [0.2, 0.25) is 0 Å². The normalized spacial score (nSPS) is 19.7. The largest absolute Gasteiger partial charge is 0.352 e. The Labute approximate surface area is 155 Å². The number of benzene rings is 1. The molecular weight excluding hydrogens is 350 g/mol. The standard InChI is InChI=1S/C18H17N5O2S/c1-3-20-17(24)23-15(13(9-19)11(2)22-18(23)25)16-14(21-10-26-16)12-7-5-4-6-8-12/h4-8,10,13,15H,3H2,1-2H3,(H,20,24). The fourth-order valence-corrected chi connectivity index (χ4v) is 3.87. The summed E-state index contributed by atoms with van der Waals surface area (Å²) in [6, 6.07) is 9.68. The molecule has 0 spiro atoms. The summed E-state index contributed by atoms with van der Waals surface area (Å²) in [4.78, 5) is 35.0. The van der Waals surface area contributed by atoms with Crippen molar-refractivity contribution >= 4 is 29.1 Å². The molecule has 2 heterocycles. The van der Waals surface area contributed by atoms with Gasteiger partial charge < -0.3 is 5.32 Å². The minimum Gasteiger partial charge on any atom is -0.338 e. The van der Waals surface area contributed by atoms with Crippen LogP contribution in [-0.2, 0) is 0 Å². The van der Waals surface area contributed by atoms with Crippen molar-refractivity contribution in [2.24, 2.45) is 10.9 Å². The molecule has 1 aromatic carbocycles. The van der Waals surface area contributed by atoms with Crippen LogP contribution in [0.25, 0.3) is 11.3 Å². The van der Waals surface area contributed by atoms with Crippen LogP contribution < -0.4 is 5.32 Å². The molecule has 0 radical (unpaired) electrons. The van der Waals surface area contributed by atoms with Gasteiger partial charge in [-0.25, -0.2) is 24.5 Å². The van der Waals surface area contributed by atoms with E-state index in [1.54, 1.807) is 19.4 Å². The lowest BCUT2D eigenvalue weighted by Gasteiger charge is -2.34. The summed E-state index contributed by atoms with van der Waals surface area (Å²) >= 11 is 1.32. The fourth-order valence-electron chi connectivity index (χ4n) is 2.93. The third kappa shape index (κ3) is 3.09. The maximum Gasteiger partial charge on any atom is 0.352 e. The van der Waals surface area contributed by atoms with E-state index in [-0.39, 0.29) is 0 Å². The second-order valence-corrected chi connectivity index (χ2v) is 6.61. The Morgan fingerprint density at radius 1 is 1.38 bits per heavy atom. The van der Waals surface area contributed by atoms with Gasteiger partial charge in [0, 0.05) is 17.8 Å². The number of aromatic nitrogens is 1. The molecule has 26 heavy (non-hydrogen) atoms. The zero-order valence-corrected chi connectivity index (χ0v) is 15.2. The number of carbonyl (C=O) groups is 2. The molecule has 7 nitrogen and oxygen atoms in total. The third-order valence-electron chi connectivity index (χ3n) is 4.12. The van der Waals surface area contributed by atoms with E-state index in [1.165, 1.54) is 11.3 Å². The molecule has 1 aliphatic heterocycles. The van der Waals surface area contributed by atoms with Crippen LogP contribution in [-0.4, -0.2) is 34.2 Å². The molecule has 8 heteroatoms. The third-order valence-corrected chi connectivity index (χ3v) is 5.02. The Morgan fingerprint density at radius 2 is 2.12 bits per heavy atom. The molecule has 1 aromatic heterocycles. The molecule has 0 fully saturated rings. The quantitative estimate of drug-likeness (QED) is 0.895. The highest BCUT2D eigenvalue weighted by atomic mass is 32.1. The van der Waals surface area contributed by atoms with E-state index in [2.05, 4.69) is 21.4 Å². The second-order valence-electron chi connectivity index (χ2n) is 5.72. The molecule has 2 aromatic rings. The van der Waals surface area contributed by atoms with E-state index < -0.39 is 24.0 Å². The molecule has 0 bridgehead atoms. The lowest BCUT2D eigenvalue weighted by molar-refractivity contribution is 0.168. The summed E-state index contributed by atoms with van der Waals surface area (Å²) in [6.45, 7) is 3.76.